The van der Waals surface area contributed by atoms with Crippen molar-refractivity contribution in [1.29, 1.82) is 0 Å². The standard InChI is InChI=1S/C61H106N8O10S/c1-6-7-8-9-10-11-12-13-14-15-16-17-18-25-51(71)39-47(32-36-80-5)58(76)67-43-52(72)40-49(38-45-28-30-50(70)31-29-45)60(78)69-54(27-23-35-66-61(64)79)55(73)41-46(24-19-21-33-62)59(77)68-53(26-20-22-34-63)56(74)42-48(37-44(2)3)57(75)65-4/h28-31,44,46-49,53-54,70H,6-27,32-43,62-63H2,1-5H3,(H,65,75)(H,67,76)(H,68,77)(H,69,78)(H3,64,66,79)/t46-,47-,48-,49-,53+,54+/m1/s1. The minimum absolute atomic E-state index is 0.00172. The molecule has 0 unspecified atom stereocenters. The first-order valence-corrected chi connectivity index (χ1v) is 31.7. The highest BCUT2D eigenvalue weighted by molar-refractivity contribution is 7.98. The number of hydrogen-bond acceptors (Lipinski definition) is 13. The first-order chi connectivity index (χ1) is 38.4. The Hall–Kier alpha value is -4.88. The number of aromatic hydroxyl groups is 1. The van der Waals surface area contributed by atoms with E-state index >= 15 is 0 Å². The molecule has 80 heavy (non-hydrogen) atoms. The molecule has 0 spiro atoms. The molecule has 0 heterocycles. The topological polar surface area (TPSA) is 312 Å². The van der Waals surface area contributed by atoms with E-state index in [4.69, 9.17) is 17.2 Å². The highest BCUT2D eigenvalue weighted by Crippen LogP contribution is 2.23. The fourth-order valence-corrected chi connectivity index (χ4v) is 10.6. The third kappa shape index (κ3) is 35.1. The van der Waals surface area contributed by atoms with Crippen molar-refractivity contribution in [3.8, 4) is 5.75 Å². The van der Waals surface area contributed by atoms with Gasteiger partial charge >= 0.3 is 6.03 Å². The lowest BCUT2D eigenvalue weighted by molar-refractivity contribution is -0.135. The molecule has 6 atom stereocenters. The first-order valence-electron chi connectivity index (χ1n) is 30.3. The van der Waals surface area contributed by atoms with E-state index in [1.807, 2.05) is 20.1 Å². The number of hydrogen-bond donors (Lipinski definition) is 9. The largest absolute Gasteiger partial charge is 0.508 e. The van der Waals surface area contributed by atoms with Gasteiger partial charge < -0.3 is 48.9 Å². The van der Waals surface area contributed by atoms with Gasteiger partial charge in [0.1, 0.15) is 11.5 Å². The van der Waals surface area contributed by atoms with E-state index in [0.29, 0.717) is 69.4 Å². The van der Waals surface area contributed by atoms with Crippen LogP contribution in [-0.4, -0.2) is 115 Å². The number of ketones is 4. The van der Waals surface area contributed by atoms with Crippen molar-refractivity contribution < 1.29 is 48.3 Å². The number of nitrogens with one attached hydrogen (secondary N) is 5. The average molecular weight is 1140 g/mol. The summed E-state index contributed by atoms with van der Waals surface area (Å²) < 4.78 is 0. The number of phenolic OH excluding ortho intramolecular Hbond substituents is 1. The van der Waals surface area contributed by atoms with Crippen LogP contribution in [0.5, 0.6) is 5.75 Å². The zero-order chi connectivity index (χ0) is 59.5. The van der Waals surface area contributed by atoms with Crippen LogP contribution in [0.2, 0.25) is 0 Å². The highest BCUT2D eigenvalue weighted by atomic mass is 32.2. The molecule has 0 saturated heterocycles. The summed E-state index contributed by atoms with van der Waals surface area (Å²) in [5, 5.41) is 23.7. The predicted octanol–water partition coefficient (Wildman–Crippen LogP) is 8.06. The minimum Gasteiger partial charge on any atom is -0.508 e. The van der Waals surface area contributed by atoms with Crippen LogP contribution < -0.4 is 43.8 Å². The van der Waals surface area contributed by atoms with Crippen LogP contribution in [0.4, 0.5) is 4.79 Å². The zero-order valence-electron chi connectivity index (χ0n) is 49.7. The first kappa shape index (κ1) is 73.1. The van der Waals surface area contributed by atoms with E-state index < -0.39 is 71.1 Å². The molecule has 0 radical (unpaired) electrons. The second-order valence-electron chi connectivity index (χ2n) is 22.3. The lowest BCUT2D eigenvalue weighted by atomic mass is 9.87. The van der Waals surface area contributed by atoms with Crippen LogP contribution in [0.15, 0.2) is 24.3 Å². The fourth-order valence-electron chi connectivity index (χ4n) is 10.1. The summed E-state index contributed by atoms with van der Waals surface area (Å²) in [6, 6.07) is 3.25. The maximum Gasteiger partial charge on any atom is 0.312 e. The Balaban J connectivity index is 3.27. The number of phenols is 1. The molecule has 456 valence electrons. The van der Waals surface area contributed by atoms with Gasteiger partial charge in [-0.3, -0.25) is 38.4 Å². The Morgan fingerprint density at radius 1 is 0.550 bits per heavy atom. The maximum absolute atomic E-state index is 14.5. The molecule has 1 aromatic rings. The molecular weight excluding hydrogens is 1040 g/mol. The Morgan fingerprint density at radius 2 is 1.05 bits per heavy atom. The molecule has 0 saturated carbocycles. The van der Waals surface area contributed by atoms with Gasteiger partial charge in [0.15, 0.2) is 17.3 Å². The van der Waals surface area contributed by atoms with Crippen molar-refractivity contribution in [3.05, 3.63) is 29.8 Å². The van der Waals surface area contributed by atoms with Crippen molar-refractivity contribution in [2.75, 3.05) is 45.2 Å². The predicted molar refractivity (Wildman–Crippen MR) is 321 cm³/mol. The molecule has 18 nitrogen and oxygen atoms in total. The molecule has 6 amide bonds. The van der Waals surface area contributed by atoms with E-state index in [2.05, 4.69) is 33.5 Å². The smallest absolute Gasteiger partial charge is 0.312 e. The number of urea groups is 1. The van der Waals surface area contributed by atoms with Gasteiger partial charge in [0.2, 0.25) is 23.6 Å². The number of nitrogens with two attached hydrogens (primary N) is 3. The zero-order valence-corrected chi connectivity index (χ0v) is 50.5. The number of Topliss-reactive ketones (excluding diaryl/α,β-unsaturated/α-hetero) is 4. The van der Waals surface area contributed by atoms with Crippen LogP contribution in [0.25, 0.3) is 0 Å². The van der Waals surface area contributed by atoms with Crippen molar-refractivity contribution in [2.24, 2.45) is 46.8 Å². The fraction of sp³-hybridized carbons (Fsp3) is 0.754. The molecule has 0 aliphatic rings. The summed E-state index contributed by atoms with van der Waals surface area (Å²) in [6.07, 6.45) is 21.2. The van der Waals surface area contributed by atoms with Gasteiger partial charge in [-0.1, -0.05) is 116 Å². The van der Waals surface area contributed by atoms with Crippen molar-refractivity contribution >= 4 is 64.6 Å². The second kappa shape index (κ2) is 45.7. The van der Waals surface area contributed by atoms with Crippen molar-refractivity contribution in [3.63, 3.8) is 0 Å². The molecule has 0 fully saturated rings. The third-order valence-corrected chi connectivity index (χ3v) is 15.4. The molecule has 0 bridgehead atoms. The molecule has 19 heteroatoms. The van der Waals surface area contributed by atoms with Gasteiger partial charge in [-0.05, 0) is 119 Å². The Morgan fingerprint density at radius 3 is 1.57 bits per heavy atom. The molecule has 0 aliphatic heterocycles. The Bertz CT molecular complexity index is 1960. The summed E-state index contributed by atoms with van der Waals surface area (Å²) in [5.41, 5.74) is 17.6. The molecule has 1 rings (SSSR count). The molecular formula is C61H106N8O10S. The molecule has 12 N–H and O–H groups in total. The number of unbranched alkanes of at least 4 members (excludes halogenated alkanes) is 14. The second-order valence-corrected chi connectivity index (χ2v) is 23.3. The van der Waals surface area contributed by atoms with E-state index in [9.17, 15) is 48.3 Å². The van der Waals surface area contributed by atoms with Crippen LogP contribution in [0.1, 0.15) is 206 Å². The number of rotatable bonds is 51. The number of primary amides is 1. The van der Waals surface area contributed by atoms with Crippen LogP contribution in [0, 0.1) is 29.6 Å². The van der Waals surface area contributed by atoms with Gasteiger partial charge in [0.05, 0.1) is 18.6 Å². The van der Waals surface area contributed by atoms with Gasteiger partial charge in [0, 0.05) is 69.4 Å². The summed E-state index contributed by atoms with van der Waals surface area (Å²) in [7, 11) is 1.52. The highest BCUT2D eigenvalue weighted by Gasteiger charge is 2.34. The number of carbonyl (C=O) groups is 9. The van der Waals surface area contributed by atoms with E-state index in [0.717, 1.165) is 25.7 Å². The van der Waals surface area contributed by atoms with Gasteiger partial charge in [-0.15, -0.1) is 0 Å². The Kier molecular flexibility index (Phi) is 41.8. The number of carbonyl (C=O) groups excluding carboxylic acids is 9. The summed E-state index contributed by atoms with van der Waals surface area (Å²) >= 11 is 1.57. The van der Waals surface area contributed by atoms with Gasteiger partial charge in [0.25, 0.3) is 0 Å². The van der Waals surface area contributed by atoms with Crippen LogP contribution >= 0.6 is 11.8 Å². The average Bonchev–Trinajstić information content (AvgIpc) is 3.42. The SMILES string of the molecule is CCCCCCCCCCCCCCCC(=O)C[C@@H](CCSC)C(=O)NCC(=O)C[C@@H](Cc1ccc(O)cc1)C(=O)N[C@@H](CCCNC(N)=O)C(=O)C[C@@H](CCCCN)C(=O)N[C@@H](CCCCN)C(=O)C[C@@H](CC(C)C)C(=O)NC. The summed E-state index contributed by atoms with van der Waals surface area (Å²) in [6.45, 7) is 6.56. The van der Waals surface area contributed by atoms with Gasteiger partial charge in [-0.25, -0.2) is 4.79 Å². The molecule has 0 aromatic heterocycles. The van der Waals surface area contributed by atoms with Gasteiger partial charge in [-0.2, -0.15) is 11.8 Å². The lowest BCUT2D eigenvalue weighted by Gasteiger charge is -2.26. The minimum atomic E-state index is -1.18. The number of thioether (sulfide) groups is 1. The van der Waals surface area contributed by atoms with E-state index in [1.165, 1.54) is 77.0 Å². The molecule has 0 aliphatic carbocycles. The van der Waals surface area contributed by atoms with Crippen molar-refractivity contribution in [1.82, 2.24) is 26.6 Å². The summed E-state index contributed by atoms with van der Waals surface area (Å²) in [4.78, 5) is 122. The van der Waals surface area contributed by atoms with E-state index in [-0.39, 0.29) is 100 Å². The van der Waals surface area contributed by atoms with Crippen molar-refractivity contribution in [2.45, 2.75) is 219 Å². The third-order valence-electron chi connectivity index (χ3n) is 14.8. The monoisotopic (exact) mass is 1140 g/mol. The maximum atomic E-state index is 14.5. The number of benzene rings is 1. The van der Waals surface area contributed by atoms with Crippen LogP contribution in [0.3, 0.4) is 0 Å². The van der Waals surface area contributed by atoms with E-state index in [1.54, 1.807) is 23.9 Å². The number of amides is 6. The quantitative estimate of drug-likeness (QED) is 0.0279. The molecule has 1 aromatic carbocycles. The lowest BCUT2D eigenvalue weighted by Crippen LogP contribution is -2.48. The Labute approximate surface area is 484 Å². The normalized spacial score (nSPS) is 13.6. The van der Waals surface area contributed by atoms with Crippen LogP contribution in [-0.2, 0) is 44.8 Å². The summed E-state index contributed by atoms with van der Waals surface area (Å²) in [5.74, 6) is -5.49.